The minimum absolute atomic E-state index is 1.33. The summed E-state index contributed by atoms with van der Waals surface area (Å²) in [5, 5.41) is 2.11. The minimum atomic E-state index is 1.33. The Labute approximate surface area is 61.8 Å². The van der Waals surface area contributed by atoms with E-state index in [9.17, 15) is 0 Å². The summed E-state index contributed by atoms with van der Waals surface area (Å²) in [5.41, 5.74) is 1.33. The number of aryl methyl sites for hydroxylation is 1. The predicted molar refractivity (Wildman–Crippen MR) is 47.8 cm³/mol. The lowest BCUT2D eigenvalue weighted by Gasteiger charge is -1.84. The Kier molecular flexibility index (Phi) is 2.44. The van der Waals surface area contributed by atoms with E-state index in [2.05, 4.69) is 33.7 Å². The predicted octanol–water partition coefficient (Wildman–Crippen LogP) is 2.90. The van der Waals surface area contributed by atoms with Crippen LogP contribution in [0, 0.1) is 6.92 Å². The van der Waals surface area contributed by atoms with Crippen molar-refractivity contribution in [3.8, 4) is 0 Å². The Morgan fingerprint density at radius 3 is 2.89 bits per heavy atom. The second kappa shape index (κ2) is 3.14. The van der Waals surface area contributed by atoms with Crippen LogP contribution < -0.4 is 0 Å². The Morgan fingerprint density at radius 2 is 2.44 bits per heavy atom. The molecule has 1 unspecified atom stereocenters. The van der Waals surface area contributed by atoms with Gasteiger partial charge in [-0.05, 0) is 23.9 Å². The van der Waals surface area contributed by atoms with Crippen molar-refractivity contribution in [2.45, 2.75) is 6.92 Å². The zero-order chi connectivity index (χ0) is 6.69. The Balaban J connectivity index is 2.94. The van der Waals surface area contributed by atoms with Crippen LogP contribution in [0.4, 0.5) is 0 Å². The lowest BCUT2D eigenvalue weighted by Crippen LogP contribution is -1.64. The summed E-state index contributed by atoms with van der Waals surface area (Å²) in [6, 6.07) is 2.13. The molecule has 1 aromatic heterocycles. The van der Waals surface area contributed by atoms with Gasteiger partial charge in [-0.15, -0.1) is 20.6 Å². The van der Waals surface area contributed by atoms with Gasteiger partial charge in [-0.1, -0.05) is 11.9 Å². The van der Waals surface area contributed by atoms with Gasteiger partial charge >= 0.3 is 0 Å². The Bertz CT molecular complexity index is 212. The van der Waals surface area contributed by atoms with Gasteiger partial charge < -0.3 is 0 Å². The molecule has 0 radical (unpaired) electrons. The van der Waals surface area contributed by atoms with Crippen molar-refractivity contribution in [1.82, 2.24) is 0 Å². The van der Waals surface area contributed by atoms with Gasteiger partial charge in [-0.3, -0.25) is 0 Å². The van der Waals surface area contributed by atoms with E-state index in [1.807, 2.05) is 5.82 Å². The van der Waals surface area contributed by atoms with E-state index < -0.39 is 0 Å². The molecular formula is C7H9PS. The number of thiophene rings is 1. The highest BCUT2D eigenvalue weighted by molar-refractivity contribution is 7.21. The second-order valence-corrected chi connectivity index (χ2v) is 3.30. The van der Waals surface area contributed by atoms with Crippen LogP contribution in [-0.2, 0) is 0 Å². The summed E-state index contributed by atoms with van der Waals surface area (Å²) in [6.07, 6.45) is 2.09. The zero-order valence-electron chi connectivity index (χ0n) is 5.29. The summed E-state index contributed by atoms with van der Waals surface area (Å²) in [6.45, 7) is 2.13. The van der Waals surface area contributed by atoms with Crippen LogP contribution in [-0.4, -0.2) is 0 Å². The van der Waals surface area contributed by atoms with Crippen molar-refractivity contribution >= 4 is 26.7 Å². The second-order valence-electron chi connectivity index (χ2n) is 1.79. The van der Waals surface area contributed by atoms with E-state index >= 15 is 0 Å². The van der Waals surface area contributed by atoms with Crippen molar-refractivity contribution in [3.63, 3.8) is 0 Å². The monoisotopic (exact) mass is 156 g/mol. The van der Waals surface area contributed by atoms with Crippen molar-refractivity contribution < 1.29 is 0 Å². The summed E-state index contributed by atoms with van der Waals surface area (Å²) >= 11 is 1.78. The molecule has 1 atom stereocenters. The maximum absolute atomic E-state index is 2.57. The summed E-state index contributed by atoms with van der Waals surface area (Å²) in [4.78, 5) is 1.38. The molecule has 0 aliphatic carbocycles. The fourth-order valence-electron chi connectivity index (χ4n) is 0.671. The zero-order valence-corrected chi connectivity index (χ0v) is 7.27. The van der Waals surface area contributed by atoms with Gasteiger partial charge in [-0.25, -0.2) is 0 Å². The first-order valence-electron chi connectivity index (χ1n) is 2.77. The molecule has 1 heterocycles. The Morgan fingerprint density at radius 1 is 1.67 bits per heavy atom. The lowest BCUT2D eigenvalue weighted by atomic mass is 10.3. The normalized spacial score (nSPS) is 10.9. The van der Waals surface area contributed by atoms with Crippen LogP contribution in [0.15, 0.2) is 17.3 Å². The topological polar surface area (TPSA) is 0 Å². The fraction of sp³-hybridized carbons (Fsp3) is 0.143. The molecule has 0 spiro atoms. The molecule has 0 fully saturated rings. The van der Waals surface area contributed by atoms with E-state index in [4.69, 9.17) is 0 Å². The molecule has 0 aliphatic heterocycles. The molecule has 0 saturated carbocycles. The van der Waals surface area contributed by atoms with E-state index in [0.29, 0.717) is 0 Å². The molecule has 0 aromatic carbocycles. The average Bonchev–Trinajstić information content (AvgIpc) is 2.18. The maximum atomic E-state index is 2.57. The van der Waals surface area contributed by atoms with Crippen molar-refractivity contribution in [3.05, 3.63) is 27.7 Å². The molecular weight excluding hydrogens is 147 g/mol. The van der Waals surface area contributed by atoms with Gasteiger partial charge in [0, 0.05) is 4.88 Å². The highest BCUT2D eigenvalue weighted by Gasteiger charge is 1.90. The quantitative estimate of drug-likeness (QED) is 0.548. The molecule has 0 nitrogen and oxygen atoms in total. The van der Waals surface area contributed by atoms with Crippen LogP contribution >= 0.6 is 20.6 Å². The Hall–Kier alpha value is -0.130. The van der Waals surface area contributed by atoms with E-state index in [0.717, 1.165) is 0 Å². The number of hydrogen-bond donors (Lipinski definition) is 0. The molecule has 1 rings (SSSR count). The first kappa shape index (κ1) is 6.98. The van der Waals surface area contributed by atoms with Crippen molar-refractivity contribution in [2.75, 3.05) is 0 Å². The van der Waals surface area contributed by atoms with Gasteiger partial charge in [0.15, 0.2) is 0 Å². The number of rotatable bonds is 1. The van der Waals surface area contributed by atoms with Crippen LogP contribution in [0.25, 0.3) is 6.08 Å². The lowest BCUT2D eigenvalue weighted by molar-refractivity contribution is 1.60. The minimum Gasteiger partial charge on any atom is -0.149 e. The molecule has 0 N–H and O–H groups in total. The first-order chi connectivity index (χ1) is 4.34. The van der Waals surface area contributed by atoms with E-state index in [1.165, 1.54) is 10.4 Å². The van der Waals surface area contributed by atoms with Gasteiger partial charge in [0.2, 0.25) is 0 Å². The van der Waals surface area contributed by atoms with E-state index in [-0.39, 0.29) is 0 Å². The third kappa shape index (κ3) is 1.64. The molecule has 9 heavy (non-hydrogen) atoms. The summed E-state index contributed by atoms with van der Waals surface area (Å²) in [7, 11) is 2.57. The molecule has 0 amide bonds. The molecule has 0 saturated heterocycles. The molecule has 0 bridgehead atoms. The van der Waals surface area contributed by atoms with Crippen molar-refractivity contribution in [2.24, 2.45) is 0 Å². The van der Waals surface area contributed by atoms with Gasteiger partial charge in [0.1, 0.15) is 0 Å². The highest BCUT2D eigenvalue weighted by atomic mass is 32.1. The first-order valence-corrected chi connectivity index (χ1v) is 4.31. The number of hydrogen-bond acceptors (Lipinski definition) is 1. The molecule has 0 aliphatic rings. The molecule has 48 valence electrons. The third-order valence-electron chi connectivity index (χ3n) is 1.17. The van der Waals surface area contributed by atoms with Crippen LogP contribution in [0.5, 0.6) is 0 Å². The summed E-state index contributed by atoms with van der Waals surface area (Å²) in [5.74, 6) is 1.98. The van der Waals surface area contributed by atoms with Crippen LogP contribution in [0.3, 0.4) is 0 Å². The highest BCUT2D eigenvalue weighted by Crippen LogP contribution is 2.16. The molecule has 2 heteroatoms. The SMILES string of the molecule is Cc1sccc1/C=C/P. The largest absolute Gasteiger partial charge is 0.149 e. The van der Waals surface area contributed by atoms with Crippen LogP contribution in [0.1, 0.15) is 10.4 Å². The maximum Gasteiger partial charge on any atom is 0.00865 e. The average molecular weight is 156 g/mol. The van der Waals surface area contributed by atoms with Gasteiger partial charge in [0.05, 0.1) is 0 Å². The standard InChI is InChI=1S/C7H9PS/c1-6-7(2-4-8)3-5-9-6/h2-5H,8H2,1H3/b4-2+. The van der Waals surface area contributed by atoms with E-state index in [1.54, 1.807) is 11.3 Å². The van der Waals surface area contributed by atoms with Gasteiger partial charge in [-0.2, -0.15) is 0 Å². The van der Waals surface area contributed by atoms with Crippen LogP contribution in [0.2, 0.25) is 0 Å². The fourth-order valence-corrected chi connectivity index (χ4v) is 1.57. The molecule has 1 aromatic rings. The third-order valence-corrected chi connectivity index (χ3v) is 2.23. The smallest absolute Gasteiger partial charge is 0.00865 e. The summed E-state index contributed by atoms with van der Waals surface area (Å²) < 4.78 is 0. The van der Waals surface area contributed by atoms with Gasteiger partial charge in [0.25, 0.3) is 0 Å². The van der Waals surface area contributed by atoms with Crippen molar-refractivity contribution in [1.29, 1.82) is 0 Å².